The van der Waals surface area contributed by atoms with Gasteiger partial charge in [-0.2, -0.15) is 17.9 Å². The summed E-state index contributed by atoms with van der Waals surface area (Å²) >= 11 is 4.14. The summed E-state index contributed by atoms with van der Waals surface area (Å²) in [5.74, 6) is 0.396. The minimum Gasteiger partial charge on any atom is -0.394 e. The van der Waals surface area contributed by atoms with Gasteiger partial charge in [0, 0.05) is 5.75 Å². The Morgan fingerprint density at radius 1 is 1.50 bits per heavy atom. The number of hydrogen-bond acceptors (Lipinski definition) is 4. The Hall–Kier alpha value is -1.02. The van der Waals surface area contributed by atoms with Gasteiger partial charge in [0.15, 0.2) is 0 Å². The van der Waals surface area contributed by atoms with E-state index in [-0.39, 0.29) is 12.6 Å². The van der Waals surface area contributed by atoms with Crippen LogP contribution in [0.15, 0.2) is 30.3 Å². The Labute approximate surface area is 102 Å². The quantitative estimate of drug-likeness (QED) is 0.679. The van der Waals surface area contributed by atoms with Crippen LogP contribution >= 0.6 is 12.6 Å². The van der Waals surface area contributed by atoms with E-state index in [1.807, 2.05) is 30.3 Å². The summed E-state index contributed by atoms with van der Waals surface area (Å²) in [5, 5.41) is 21.5. The monoisotopic (exact) mass is 236 g/mol. The lowest BCUT2D eigenvalue weighted by atomic mass is 10.0. The van der Waals surface area contributed by atoms with E-state index in [9.17, 15) is 5.11 Å². The van der Waals surface area contributed by atoms with Crippen LogP contribution in [0, 0.1) is 11.3 Å². The van der Waals surface area contributed by atoms with Crippen LogP contribution in [0.25, 0.3) is 0 Å². The number of nitriles is 1. The van der Waals surface area contributed by atoms with Gasteiger partial charge in [0.05, 0.1) is 18.7 Å². The highest BCUT2D eigenvalue weighted by Crippen LogP contribution is 2.16. The van der Waals surface area contributed by atoms with E-state index < -0.39 is 5.54 Å². The topological polar surface area (TPSA) is 56.0 Å². The Balaban J connectivity index is 2.82. The molecule has 3 nitrogen and oxygen atoms in total. The molecule has 0 radical (unpaired) electrons. The van der Waals surface area contributed by atoms with Crippen LogP contribution < -0.4 is 5.32 Å². The molecule has 2 atom stereocenters. The van der Waals surface area contributed by atoms with Gasteiger partial charge in [0.1, 0.15) is 5.54 Å². The van der Waals surface area contributed by atoms with E-state index in [1.165, 1.54) is 0 Å². The zero-order chi connectivity index (χ0) is 12.0. The zero-order valence-electron chi connectivity index (χ0n) is 9.22. The molecule has 0 fully saturated rings. The zero-order valence-corrected chi connectivity index (χ0v) is 10.1. The Bertz CT molecular complexity index is 363. The van der Waals surface area contributed by atoms with Gasteiger partial charge in [0.2, 0.25) is 0 Å². The molecule has 4 heteroatoms. The molecule has 0 saturated heterocycles. The Morgan fingerprint density at radius 2 is 2.12 bits per heavy atom. The molecule has 1 rings (SSSR count). The van der Waals surface area contributed by atoms with Crippen LogP contribution in [0.5, 0.6) is 0 Å². The smallest absolute Gasteiger partial charge is 0.113 e. The normalized spacial score (nSPS) is 16.1. The predicted octanol–water partition coefficient (Wildman–Crippen LogP) is 1.52. The van der Waals surface area contributed by atoms with Gasteiger partial charge in [-0.15, -0.1) is 0 Å². The van der Waals surface area contributed by atoms with Crippen molar-refractivity contribution in [2.24, 2.45) is 0 Å². The lowest BCUT2D eigenvalue weighted by Gasteiger charge is -2.27. The van der Waals surface area contributed by atoms with Gasteiger partial charge in [-0.3, -0.25) is 5.32 Å². The molecule has 0 aliphatic heterocycles. The van der Waals surface area contributed by atoms with Gasteiger partial charge in [-0.1, -0.05) is 30.3 Å². The first kappa shape index (κ1) is 13.0. The van der Waals surface area contributed by atoms with Crippen LogP contribution in [0.3, 0.4) is 0 Å². The van der Waals surface area contributed by atoms with Gasteiger partial charge >= 0.3 is 0 Å². The molecule has 1 aromatic carbocycles. The second kappa shape index (κ2) is 5.90. The molecule has 0 heterocycles. The molecule has 0 bridgehead atoms. The van der Waals surface area contributed by atoms with Crippen molar-refractivity contribution >= 4 is 12.6 Å². The minimum absolute atomic E-state index is 0.0466. The third-order valence-electron chi connectivity index (χ3n) is 2.44. The van der Waals surface area contributed by atoms with Crippen molar-refractivity contribution in [1.82, 2.24) is 5.32 Å². The molecule has 0 unspecified atom stereocenters. The average Bonchev–Trinajstić information content (AvgIpc) is 2.36. The van der Waals surface area contributed by atoms with Crippen LogP contribution in [0.2, 0.25) is 0 Å². The molecule has 0 aromatic heterocycles. The number of nitrogens with zero attached hydrogens (tertiary/aromatic N) is 1. The number of rotatable bonds is 5. The van der Waals surface area contributed by atoms with Crippen molar-refractivity contribution in [3.63, 3.8) is 0 Å². The number of thiol groups is 1. The molecule has 0 amide bonds. The second-order valence-corrected chi connectivity index (χ2v) is 4.21. The van der Waals surface area contributed by atoms with E-state index in [2.05, 4.69) is 24.0 Å². The van der Waals surface area contributed by atoms with E-state index in [4.69, 9.17) is 5.26 Å². The van der Waals surface area contributed by atoms with Crippen molar-refractivity contribution in [2.75, 3.05) is 12.4 Å². The van der Waals surface area contributed by atoms with Gasteiger partial charge < -0.3 is 5.11 Å². The number of hydrogen-bond donors (Lipinski definition) is 3. The fourth-order valence-electron chi connectivity index (χ4n) is 1.42. The molecular weight excluding hydrogens is 220 g/mol. The molecular formula is C12H16N2OS. The maximum absolute atomic E-state index is 9.34. The summed E-state index contributed by atoms with van der Waals surface area (Å²) < 4.78 is 0. The highest BCUT2D eigenvalue weighted by atomic mass is 32.1. The predicted molar refractivity (Wildman–Crippen MR) is 67.3 cm³/mol. The molecule has 1 aromatic rings. The summed E-state index contributed by atoms with van der Waals surface area (Å²) in [5.41, 5.74) is 0.236. The summed E-state index contributed by atoms with van der Waals surface area (Å²) in [4.78, 5) is 0. The van der Waals surface area contributed by atoms with Gasteiger partial charge in [0.25, 0.3) is 0 Å². The Kier molecular flexibility index (Phi) is 4.81. The standard InChI is InChI=1S/C12H16N2OS/c1-12(8-13,9-16)14-11(7-15)10-5-3-2-4-6-10/h2-6,11,14-16H,7,9H2,1H3/t11-,12+/m0/s1. The van der Waals surface area contributed by atoms with E-state index >= 15 is 0 Å². The van der Waals surface area contributed by atoms with E-state index in [0.29, 0.717) is 5.75 Å². The fraction of sp³-hybridized carbons (Fsp3) is 0.417. The summed E-state index contributed by atoms with van der Waals surface area (Å²) in [7, 11) is 0. The minimum atomic E-state index is -0.730. The molecule has 0 spiro atoms. The third kappa shape index (κ3) is 3.24. The molecule has 0 aliphatic rings. The largest absolute Gasteiger partial charge is 0.394 e. The van der Waals surface area contributed by atoms with Gasteiger partial charge in [-0.05, 0) is 12.5 Å². The fourth-order valence-corrected chi connectivity index (χ4v) is 1.58. The maximum Gasteiger partial charge on any atom is 0.113 e. The molecule has 2 N–H and O–H groups in total. The van der Waals surface area contributed by atoms with Crippen molar-refractivity contribution < 1.29 is 5.11 Å². The summed E-state index contributed by atoms with van der Waals surface area (Å²) in [6, 6.07) is 11.5. The Morgan fingerprint density at radius 3 is 2.56 bits per heavy atom. The first-order valence-corrected chi connectivity index (χ1v) is 5.74. The summed E-state index contributed by atoms with van der Waals surface area (Å²) in [6.07, 6.45) is 0. The first-order valence-electron chi connectivity index (χ1n) is 5.11. The van der Waals surface area contributed by atoms with Crippen molar-refractivity contribution in [2.45, 2.75) is 18.5 Å². The number of aliphatic hydroxyl groups excluding tert-OH is 1. The third-order valence-corrected chi connectivity index (χ3v) is 3.07. The second-order valence-electron chi connectivity index (χ2n) is 3.89. The molecule has 0 aliphatic carbocycles. The van der Waals surface area contributed by atoms with Crippen molar-refractivity contribution in [3.05, 3.63) is 35.9 Å². The summed E-state index contributed by atoms with van der Waals surface area (Å²) in [6.45, 7) is 1.72. The van der Waals surface area contributed by atoms with E-state index in [1.54, 1.807) is 6.92 Å². The average molecular weight is 236 g/mol. The van der Waals surface area contributed by atoms with Crippen LogP contribution in [0.1, 0.15) is 18.5 Å². The number of nitrogens with one attached hydrogen (secondary N) is 1. The lowest BCUT2D eigenvalue weighted by Crippen LogP contribution is -2.45. The number of benzene rings is 1. The van der Waals surface area contributed by atoms with Crippen LogP contribution in [-0.4, -0.2) is 23.0 Å². The highest BCUT2D eigenvalue weighted by Gasteiger charge is 2.25. The lowest BCUT2D eigenvalue weighted by molar-refractivity contribution is 0.227. The van der Waals surface area contributed by atoms with Crippen LogP contribution in [0.4, 0.5) is 0 Å². The molecule has 16 heavy (non-hydrogen) atoms. The molecule has 86 valence electrons. The van der Waals surface area contributed by atoms with Gasteiger partial charge in [-0.25, -0.2) is 0 Å². The highest BCUT2D eigenvalue weighted by molar-refractivity contribution is 7.80. The SMILES string of the molecule is C[C@@](C#N)(CS)N[C@@H](CO)c1ccccc1. The van der Waals surface area contributed by atoms with Crippen LogP contribution in [-0.2, 0) is 0 Å². The van der Waals surface area contributed by atoms with Crippen molar-refractivity contribution in [1.29, 1.82) is 5.26 Å². The maximum atomic E-state index is 9.34. The molecule has 0 saturated carbocycles. The van der Waals surface area contributed by atoms with Crippen molar-refractivity contribution in [3.8, 4) is 6.07 Å². The van der Waals surface area contributed by atoms with E-state index in [0.717, 1.165) is 5.56 Å². The number of aliphatic hydroxyl groups is 1. The first-order chi connectivity index (χ1) is 7.65.